The fraction of sp³-hybridized carbons (Fsp3) is 0.533. The van der Waals surface area contributed by atoms with Crippen LogP contribution in [-0.2, 0) is 11.2 Å². The third-order valence-electron chi connectivity index (χ3n) is 3.58. The molecule has 0 fully saturated rings. The molecule has 0 aromatic heterocycles. The van der Waals surface area contributed by atoms with E-state index in [4.69, 9.17) is 11.6 Å². The molecule has 1 atom stereocenters. The van der Waals surface area contributed by atoms with Gasteiger partial charge in [0.1, 0.15) is 0 Å². The second-order valence-corrected chi connectivity index (χ2v) is 5.81. The zero-order valence-electron chi connectivity index (χ0n) is 11.2. The number of Topliss-reactive ketones (excluding diaryl/α,β-unsaturated/α-hetero) is 1. The van der Waals surface area contributed by atoms with Crippen molar-refractivity contribution >= 4 is 23.1 Å². The van der Waals surface area contributed by atoms with Crippen molar-refractivity contribution in [3.63, 3.8) is 0 Å². The summed E-state index contributed by atoms with van der Waals surface area (Å²) >= 11 is 6.04. The number of carbonyl (C=O) groups is 1. The molecule has 1 aromatic rings. The molecule has 0 N–H and O–H groups in total. The largest absolute Gasteiger partial charge is 0.361 e. The van der Waals surface area contributed by atoms with Crippen LogP contribution in [0, 0.1) is 5.92 Å². The van der Waals surface area contributed by atoms with Crippen LogP contribution in [0.2, 0.25) is 5.02 Å². The maximum Gasteiger partial charge on any atom is 0.152 e. The second kappa shape index (κ2) is 5.31. The zero-order chi connectivity index (χ0) is 13.3. The number of hydrogen-bond donors (Lipinski definition) is 0. The summed E-state index contributed by atoms with van der Waals surface area (Å²) in [6.07, 6.45) is 2.14. The number of nitrogens with zero attached hydrogens (tertiary/aromatic N) is 1. The number of carbonyl (C=O) groups excluding carboxylic acids is 1. The normalized spacial score (nSPS) is 16.6. The number of halogens is 1. The van der Waals surface area contributed by atoms with E-state index in [0.29, 0.717) is 5.92 Å². The summed E-state index contributed by atoms with van der Waals surface area (Å²) in [7, 11) is 0. The summed E-state index contributed by atoms with van der Waals surface area (Å²) in [5.74, 6) is 0.567. The molecule has 1 heterocycles. The van der Waals surface area contributed by atoms with E-state index in [2.05, 4.69) is 24.8 Å². The van der Waals surface area contributed by atoms with Crippen LogP contribution in [0.5, 0.6) is 0 Å². The summed E-state index contributed by atoms with van der Waals surface area (Å²) in [5.41, 5.74) is 2.44. The Bertz CT molecular complexity index is 456. The van der Waals surface area contributed by atoms with Crippen LogP contribution in [0.1, 0.15) is 32.8 Å². The summed E-state index contributed by atoms with van der Waals surface area (Å²) in [6, 6.07) is 5.97. The number of rotatable bonds is 3. The minimum absolute atomic E-state index is 0.0229. The van der Waals surface area contributed by atoms with E-state index >= 15 is 0 Å². The number of hydrogen-bond acceptors (Lipinski definition) is 2. The van der Waals surface area contributed by atoms with Crippen LogP contribution >= 0.6 is 11.6 Å². The molecule has 2 nitrogen and oxygen atoms in total. The summed E-state index contributed by atoms with van der Waals surface area (Å²) < 4.78 is 0. The highest BCUT2D eigenvalue weighted by Gasteiger charge is 2.29. The Morgan fingerprint density at radius 1 is 1.39 bits per heavy atom. The van der Waals surface area contributed by atoms with E-state index in [9.17, 15) is 4.79 Å². The summed E-state index contributed by atoms with van der Waals surface area (Å²) in [5, 5.41) is 0.777. The molecule has 1 aromatic carbocycles. The maximum absolute atomic E-state index is 11.9. The highest BCUT2D eigenvalue weighted by atomic mass is 35.5. The highest BCUT2D eigenvalue weighted by Crippen LogP contribution is 2.32. The van der Waals surface area contributed by atoms with Crippen LogP contribution in [0.25, 0.3) is 0 Å². The number of ketones is 1. The van der Waals surface area contributed by atoms with Crippen molar-refractivity contribution in [3.8, 4) is 0 Å². The van der Waals surface area contributed by atoms with E-state index in [0.717, 1.165) is 24.4 Å². The van der Waals surface area contributed by atoms with Crippen molar-refractivity contribution in [3.05, 3.63) is 28.8 Å². The first-order valence-corrected chi connectivity index (χ1v) is 6.94. The monoisotopic (exact) mass is 265 g/mol. The molecule has 0 saturated heterocycles. The second-order valence-electron chi connectivity index (χ2n) is 5.37. The lowest BCUT2D eigenvalue weighted by Crippen LogP contribution is -2.46. The van der Waals surface area contributed by atoms with Gasteiger partial charge in [-0.1, -0.05) is 25.4 Å². The van der Waals surface area contributed by atoms with Crippen LogP contribution in [0.4, 0.5) is 5.69 Å². The Hall–Kier alpha value is -1.02. The van der Waals surface area contributed by atoms with E-state index in [1.54, 1.807) is 6.92 Å². The number of benzene rings is 1. The van der Waals surface area contributed by atoms with Gasteiger partial charge in [0.15, 0.2) is 5.78 Å². The Kier molecular flexibility index (Phi) is 3.96. The molecule has 0 bridgehead atoms. The van der Waals surface area contributed by atoms with Crippen molar-refractivity contribution < 1.29 is 4.79 Å². The molecule has 1 aliphatic heterocycles. The van der Waals surface area contributed by atoms with Crippen LogP contribution < -0.4 is 4.90 Å². The van der Waals surface area contributed by atoms with Gasteiger partial charge in [0.25, 0.3) is 0 Å². The Morgan fingerprint density at radius 2 is 2.11 bits per heavy atom. The Balaban J connectivity index is 2.40. The van der Waals surface area contributed by atoms with Gasteiger partial charge in [-0.05, 0) is 49.4 Å². The zero-order valence-corrected chi connectivity index (χ0v) is 12.0. The van der Waals surface area contributed by atoms with Gasteiger partial charge in [-0.2, -0.15) is 0 Å². The highest BCUT2D eigenvalue weighted by molar-refractivity contribution is 6.30. The minimum atomic E-state index is -0.0229. The average Bonchev–Trinajstić information content (AvgIpc) is 2.27. The quantitative estimate of drug-likeness (QED) is 0.830. The van der Waals surface area contributed by atoms with Crippen LogP contribution in [-0.4, -0.2) is 18.4 Å². The van der Waals surface area contributed by atoms with Gasteiger partial charge in [-0.25, -0.2) is 0 Å². The summed E-state index contributed by atoms with van der Waals surface area (Å²) in [6.45, 7) is 6.86. The lowest BCUT2D eigenvalue weighted by Gasteiger charge is -2.38. The first kappa shape index (κ1) is 13.4. The molecule has 0 aliphatic carbocycles. The SMILES string of the molecule is CC(=O)C(C(C)C)N1CCCc2cc(Cl)ccc21. The molecule has 0 saturated carbocycles. The van der Waals surface area contributed by atoms with Gasteiger partial charge >= 0.3 is 0 Å². The molecule has 18 heavy (non-hydrogen) atoms. The number of anilines is 1. The number of fused-ring (bicyclic) bond motifs is 1. The molecule has 98 valence electrons. The lowest BCUT2D eigenvalue weighted by molar-refractivity contribution is -0.119. The van der Waals surface area contributed by atoms with E-state index in [-0.39, 0.29) is 11.8 Å². The lowest BCUT2D eigenvalue weighted by atomic mass is 9.93. The predicted octanol–water partition coefficient (Wildman–Crippen LogP) is 3.71. The van der Waals surface area contributed by atoms with Crippen LogP contribution in [0.3, 0.4) is 0 Å². The molecule has 0 amide bonds. The smallest absolute Gasteiger partial charge is 0.152 e. The third kappa shape index (κ3) is 2.54. The van der Waals surface area contributed by atoms with Gasteiger partial charge in [0.2, 0.25) is 0 Å². The van der Waals surface area contributed by atoms with Crippen molar-refractivity contribution in [2.45, 2.75) is 39.7 Å². The molecular weight excluding hydrogens is 246 g/mol. The molecule has 2 rings (SSSR count). The molecular formula is C15H20ClNO. The van der Waals surface area contributed by atoms with E-state index in [1.807, 2.05) is 12.1 Å². The topological polar surface area (TPSA) is 20.3 Å². The molecule has 0 spiro atoms. The van der Waals surface area contributed by atoms with E-state index in [1.165, 1.54) is 11.3 Å². The van der Waals surface area contributed by atoms with Crippen molar-refractivity contribution in [1.82, 2.24) is 0 Å². The fourth-order valence-corrected chi connectivity index (χ4v) is 3.13. The minimum Gasteiger partial charge on any atom is -0.361 e. The first-order chi connectivity index (χ1) is 8.50. The molecule has 1 aliphatic rings. The van der Waals surface area contributed by atoms with Gasteiger partial charge in [-0.3, -0.25) is 4.79 Å². The van der Waals surface area contributed by atoms with Gasteiger partial charge < -0.3 is 4.90 Å². The molecule has 3 heteroatoms. The van der Waals surface area contributed by atoms with Crippen molar-refractivity contribution in [2.75, 3.05) is 11.4 Å². The molecule has 1 unspecified atom stereocenters. The van der Waals surface area contributed by atoms with Crippen LogP contribution in [0.15, 0.2) is 18.2 Å². The predicted molar refractivity (Wildman–Crippen MR) is 76.4 cm³/mol. The van der Waals surface area contributed by atoms with E-state index < -0.39 is 0 Å². The van der Waals surface area contributed by atoms with Gasteiger partial charge in [0, 0.05) is 17.3 Å². The Labute approximate surface area is 114 Å². The van der Waals surface area contributed by atoms with Gasteiger partial charge in [0.05, 0.1) is 6.04 Å². The fourth-order valence-electron chi connectivity index (χ4n) is 2.93. The number of aryl methyl sites for hydroxylation is 1. The van der Waals surface area contributed by atoms with Crippen molar-refractivity contribution in [2.24, 2.45) is 5.92 Å². The van der Waals surface area contributed by atoms with Gasteiger partial charge in [-0.15, -0.1) is 0 Å². The Morgan fingerprint density at radius 3 is 2.72 bits per heavy atom. The maximum atomic E-state index is 11.9. The molecule has 0 radical (unpaired) electrons. The standard InChI is InChI=1S/C15H20ClNO/c1-10(2)15(11(3)18)17-8-4-5-12-9-13(16)6-7-14(12)17/h6-7,9-10,15H,4-5,8H2,1-3H3. The summed E-state index contributed by atoms with van der Waals surface area (Å²) in [4.78, 5) is 14.1. The third-order valence-corrected chi connectivity index (χ3v) is 3.81. The van der Waals surface area contributed by atoms with Crippen molar-refractivity contribution in [1.29, 1.82) is 0 Å². The average molecular weight is 266 g/mol. The first-order valence-electron chi connectivity index (χ1n) is 6.56.